The number of rotatable bonds is 2. The molecule has 0 aliphatic heterocycles. The van der Waals surface area contributed by atoms with Crippen LogP contribution in [0.1, 0.15) is 17.1 Å². The van der Waals surface area contributed by atoms with Gasteiger partial charge in [-0.1, -0.05) is 0 Å². The predicted molar refractivity (Wildman–Crippen MR) is 65.7 cm³/mol. The Bertz CT molecular complexity index is 485. The molecule has 0 spiro atoms. The molecule has 1 radical (unpaired) electrons. The van der Waals surface area contributed by atoms with Gasteiger partial charge in [-0.3, -0.25) is 0 Å². The molecule has 0 fully saturated rings. The summed E-state index contributed by atoms with van der Waals surface area (Å²) >= 11 is 1.64. The average molecular weight is 213 g/mol. The molecule has 15 heavy (non-hydrogen) atoms. The Balaban J connectivity index is 2.58. The van der Waals surface area contributed by atoms with Gasteiger partial charge in [0.15, 0.2) is 0 Å². The molecule has 0 saturated carbocycles. The molecule has 2 aromatic rings. The third kappa shape index (κ3) is 2.05. The van der Waals surface area contributed by atoms with Crippen molar-refractivity contribution in [2.24, 2.45) is 0 Å². The summed E-state index contributed by atoms with van der Waals surface area (Å²) in [5.41, 5.74) is 2.96. The summed E-state index contributed by atoms with van der Waals surface area (Å²) in [5, 5.41) is 2.01. The van der Waals surface area contributed by atoms with Crippen molar-refractivity contribution >= 4 is 24.8 Å². The van der Waals surface area contributed by atoms with Crippen molar-refractivity contribution in [1.82, 2.24) is 9.97 Å². The summed E-state index contributed by atoms with van der Waals surface area (Å²) in [6, 6.07) is 3.97. The molecule has 2 nitrogen and oxygen atoms in total. The van der Waals surface area contributed by atoms with Gasteiger partial charge in [0.1, 0.15) is 0 Å². The first-order valence-corrected chi connectivity index (χ1v) is 5.54. The Morgan fingerprint density at radius 1 is 1.33 bits per heavy atom. The fourth-order valence-corrected chi connectivity index (χ4v) is 2.34. The van der Waals surface area contributed by atoms with Gasteiger partial charge in [-0.05, 0) is 0 Å². The van der Waals surface area contributed by atoms with Crippen molar-refractivity contribution in [2.75, 3.05) is 0 Å². The zero-order valence-corrected chi connectivity index (χ0v) is 9.51. The van der Waals surface area contributed by atoms with Crippen LogP contribution < -0.4 is 0 Å². The first-order valence-electron chi connectivity index (χ1n) is 4.66. The summed E-state index contributed by atoms with van der Waals surface area (Å²) in [4.78, 5) is 9.76. The summed E-state index contributed by atoms with van der Waals surface area (Å²) in [7, 11) is 5.55. The van der Waals surface area contributed by atoms with E-state index in [-0.39, 0.29) is 0 Å². The van der Waals surface area contributed by atoms with Crippen LogP contribution in [0, 0.1) is 13.8 Å². The summed E-state index contributed by atoms with van der Waals surface area (Å²) in [5.74, 6) is 2.40. The maximum absolute atomic E-state index is 5.55. The fraction of sp³-hybridized carbons (Fsp3) is 0.182. The molecule has 0 aliphatic carbocycles. The van der Waals surface area contributed by atoms with Crippen molar-refractivity contribution < 1.29 is 0 Å². The Kier molecular flexibility index (Phi) is 2.78. The molecule has 0 saturated heterocycles. The molecular formula is C11H10BN2S. The Labute approximate surface area is 94.1 Å². The van der Waals surface area contributed by atoms with Gasteiger partial charge in [-0.25, -0.2) is 0 Å². The van der Waals surface area contributed by atoms with E-state index in [1.807, 2.05) is 31.4 Å². The Morgan fingerprint density at radius 3 is 2.80 bits per heavy atom. The van der Waals surface area contributed by atoms with Gasteiger partial charge in [-0.15, -0.1) is 0 Å². The number of thiophene rings is 1. The number of hydrogen-bond donors (Lipinski definition) is 0. The molecular weight excluding hydrogens is 203 g/mol. The van der Waals surface area contributed by atoms with Crippen LogP contribution >= 0.6 is 11.3 Å². The second kappa shape index (κ2) is 4.07. The molecule has 4 heteroatoms. The van der Waals surface area contributed by atoms with Crippen molar-refractivity contribution in [3.05, 3.63) is 34.6 Å². The van der Waals surface area contributed by atoms with Crippen molar-refractivity contribution in [2.45, 2.75) is 13.8 Å². The SMILES string of the molecule is [B]=Cc1ccsc1-c1cc(C)nc(C)n1. The summed E-state index contributed by atoms with van der Waals surface area (Å²) in [6.45, 7) is 3.87. The molecule has 0 unspecified atom stereocenters. The molecule has 0 atom stereocenters. The van der Waals surface area contributed by atoms with Crippen molar-refractivity contribution in [3.63, 3.8) is 0 Å². The molecule has 73 valence electrons. The molecule has 0 aliphatic rings. The van der Waals surface area contributed by atoms with E-state index in [2.05, 4.69) is 9.97 Å². The third-order valence-electron chi connectivity index (χ3n) is 2.07. The number of aromatic nitrogens is 2. The topological polar surface area (TPSA) is 25.8 Å². The van der Waals surface area contributed by atoms with E-state index in [9.17, 15) is 0 Å². The van der Waals surface area contributed by atoms with Crippen LogP contribution in [0.3, 0.4) is 0 Å². The van der Waals surface area contributed by atoms with Crippen LogP contribution in [0.5, 0.6) is 0 Å². The maximum atomic E-state index is 5.55. The van der Waals surface area contributed by atoms with E-state index in [0.717, 1.165) is 27.7 Å². The number of aryl methyl sites for hydroxylation is 2. The van der Waals surface area contributed by atoms with E-state index < -0.39 is 0 Å². The van der Waals surface area contributed by atoms with Gasteiger partial charge in [0.2, 0.25) is 0 Å². The molecule has 2 rings (SSSR count). The average Bonchev–Trinajstić information content (AvgIpc) is 2.63. The van der Waals surface area contributed by atoms with Gasteiger partial charge in [0.25, 0.3) is 0 Å². The van der Waals surface area contributed by atoms with E-state index in [4.69, 9.17) is 7.49 Å². The molecule has 0 aromatic carbocycles. The third-order valence-corrected chi connectivity index (χ3v) is 3.03. The van der Waals surface area contributed by atoms with Crippen molar-refractivity contribution in [3.8, 4) is 10.6 Å². The number of nitrogens with zero attached hydrogens (tertiary/aromatic N) is 2. The van der Waals surface area contributed by atoms with Crippen LogP contribution in [0.2, 0.25) is 0 Å². The van der Waals surface area contributed by atoms with E-state index in [0.29, 0.717) is 0 Å². The normalized spacial score (nSPS) is 10.2. The van der Waals surface area contributed by atoms with Gasteiger partial charge in [-0.2, -0.15) is 0 Å². The van der Waals surface area contributed by atoms with E-state index in [1.165, 1.54) is 0 Å². The van der Waals surface area contributed by atoms with E-state index >= 15 is 0 Å². The molecule has 0 N–H and O–H groups in total. The van der Waals surface area contributed by atoms with Crippen LogP contribution in [-0.2, 0) is 0 Å². The Morgan fingerprint density at radius 2 is 2.13 bits per heavy atom. The summed E-state index contributed by atoms with van der Waals surface area (Å²) in [6.07, 6.45) is 0. The van der Waals surface area contributed by atoms with Gasteiger partial charge >= 0.3 is 93.8 Å². The zero-order valence-electron chi connectivity index (χ0n) is 8.69. The van der Waals surface area contributed by atoms with E-state index in [1.54, 1.807) is 17.3 Å². The van der Waals surface area contributed by atoms with Gasteiger partial charge in [0, 0.05) is 0 Å². The Hall–Kier alpha value is -1.29. The minimum absolute atomic E-state index is 0.793. The monoisotopic (exact) mass is 213 g/mol. The second-order valence-corrected chi connectivity index (χ2v) is 4.23. The summed E-state index contributed by atoms with van der Waals surface area (Å²) < 4.78 is 0. The van der Waals surface area contributed by atoms with Crippen LogP contribution in [0.25, 0.3) is 10.6 Å². The first-order chi connectivity index (χ1) is 7.20. The quantitative estimate of drug-likeness (QED) is 0.714. The van der Waals surface area contributed by atoms with Crippen LogP contribution in [-0.4, -0.2) is 23.4 Å². The van der Waals surface area contributed by atoms with Crippen molar-refractivity contribution in [1.29, 1.82) is 0 Å². The minimum atomic E-state index is 0.793. The van der Waals surface area contributed by atoms with Crippen LogP contribution in [0.4, 0.5) is 0 Å². The van der Waals surface area contributed by atoms with Gasteiger partial charge < -0.3 is 0 Å². The first kappa shape index (κ1) is 10.2. The fourth-order valence-electron chi connectivity index (χ4n) is 1.49. The van der Waals surface area contributed by atoms with Gasteiger partial charge in [0.05, 0.1) is 0 Å². The second-order valence-electron chi connectivity index (χ2n) is 3.31. The standard InChI is InChI=1S/C11H10BN2S/c1-7-5-10(14-8(2)13-7)11-9(6-12)3-4-15-11/h3-6H,1-2H3. The molecule has 2 heterocycles. The zero-order chi connectivity index (χ0) is 10.8. The molecule has 0 amide bonds. The molecule has 0 bridgehead atoms. The molecule has 2 aromatic heterocycles. The number of hydrogen-bond acceptors (Lipinski definition) is 3. The predicted octanol–water partition coefficient (Wildman–Crippen LogP) is 2.14. The van der Waals surface area contributed by atoms with Crippen LogP contribution in [0.15, 0.2) is 17.5 Å².